The number of ketones is 1. The normalized spacial score (nSPS) is 17.0. The number of nitrogens with one attached hydrogen (secondary N) is 1. The summed E-state index contributed by atoms with van der Waals surface area (Å²) in [6, 6.07) is 13.7. The first-order valence-corrected chi connectivity index (χ1v) is 9.29. The third kappa shape index (κ3) is 3.66. The van der Waals surface area contributed by atoms with E-state index in [2.05, 4.69) is 4.72 Å². The Labute approximate surface area is 141 Å². The number of benzene rings is 2. The molecule has 24 heavy (non-hydrogen) atoms. The first-order chi connectivity index (χ1) is 11.5. The van der Waals surface area contributed by atoms with Gasteiger partial charge in [-0.15, -0.1) is 0 Å². The number of Topliss-reactive ketones (excluding diaryl/α,β-unsaturated/α-hetero) is 1. The molecular formula is C18H19NO4S. The summed E-state index contributed by atoms with van der Waals surface area (Å²) in [6.07, 6.45) is 1.45. The van der Waals surface area contributed by atoms with Crippen molar-refractivity contribution in [1.82, 2.24) is 4.72 Å². The van der Waals surface area contributed by atoms with Crippen molar-refractivity contribution >= 4 is 15.8 Å². The van der Waals surface area contributed by atoms with Gasteiger partial charge in [-0.2, -0.15) is 0 Å². The van der Waals surface area contributed by atoms with Gasteiger partial charge in [0.25, 0.3) is 0 Å². The van der Waals surface area contributed by atoms with Crippen LogP contribution in [-0.4, -0.2) is 26.8 Å². The SMILES string of the molecule is CC(=O)c1ccc(S(=O)(=O)NCC2CCc3ccccc3O2)cc1. The van der Waals surface area contributed by atoms with E-state index < -0.39 is 10.0 Å². The van der Waals surface area contributed by atoms with Gasteiger partial charge in [0.05, 0.1) is 4.90 Å². The second-order valence-corrected chi connectivity index (χ2v) is 7.59. The smallest absolute Gasteiger partial charge is 0.240 e. The number of fused-ring (bicyclic) bond motifs is 1. The number of carbonyl (C=O) groups is 1. The molecule has 126 valence electrons. The molecule has 3 rings (SSSR count). The fraction of sp³-hybridized carbons (Fsp3) is 0.278. The van der Waals surface area contributed by atoms with Crippen LogP contribution in [0.3, 0.4) is 0 Å². The van der Waals surface area contributed by atoms with E-state index in [-0.39, 0.29) is 23.3 Å². The molecule has 0 fully saturated rings. The third-order valence-electron chi connectivity index (χ3n) is 4.07. The van der Waals surface area contributed by atoms with Crippen molar-refractivity contribution < 1.29 is 17.9 Å². The minimum absolute atomic E-state index is 0.0961. The number of hydrogen-bond donors (Lipinski definition) is 1. The Morgan fingerprint density at radius 3 is 2.58 bits per heavy atom. The molecule has 5 nitrogen and oxygen atoms in total. The second kappa shape index (κ2) is 6.75. The van der Waals surface area contributed by atoms with Crippen molar-refractivity contribution in [3.63, 3.8) is 0 Å². The molecule has 0 bridgehead atoms. The van der Waals surface area contributed by atoms with Gasteiger partial charge in [-0.25, -0.2) is 13.1 Å². The summed E-state index contributed by atoms with van der Waals surface area (Å²) in [6.45, 7) is 1.66. The number of rotatable bonds is 5. The number of para-hydroxylation sites is 1. The van der Waals surface area contributed by atoms with Gasteiger partial charge in [0, 0.05) is 12.1 Å². The van der Waals surface area contributed by atoms with Gasteiger partial charge < -0.3 is 4.74 Å². The fourth-order valence-electron chi connectivity index (χ4n) is 2.68. The topological polar surface area (TPSA) is 72.5 Å². The first kappa shape index (κ1) is 16.7. The molecule has 1 unspecified atom stereocenters. The van der Waals surface area contributed by atoms with Crippen molar-refractivity contribution in [2.75, 3.05) is 6.54 Å². The minimum Gasteiger partial charge on any atom is -0.489 e. The summed E-state index contributed by atoms with van der Waals surface area (Å²) in [5, 5.41) is 0. The maximum atomic E-state index is 12.3. The zero-order chi connectivity index (χ0) is 17.2. The highest BCUT2D eigenvalue weighted by molar-refractivity contribution is 7.89. The molecule has 0 spiro atoms. The average molecular weight is 345 g/mol. The van der Waals surface area contributed by atoms with E-state index in [9.17, 15) is 13.2 Å². The largest absolute Gasteiger partial charge is 0.489 e. The van der Waals surface area contributed by atoms with Crippen LogP contribution < -0.4 is 9.46 Å². The fourth-order valence-corrected chi connectivity index (χ4v) is 3.75. The summed E-state index contributed by atoms with van der Waals surface area (Å²) in [5.74, 6) is 0.722. The Hall–Kier alpha value is -2.18. The molecule has 0 saturated heterocycles. The van der Waals surface area contributed by atoms with Gasteiger partial charge in [0.15, 0.2) is 5.78 Å². The van der Waals surface area contributed by atoms with E-state index in [4.69, 9.17) is 4.74 Å². The lowest BCUT2D eigenvalue weighted by Gasteiger charge is -2.26. The molecule has 1 atom stereocenters. The lowest BCUT2D eigenvalue weighted by molar-refractivity contribution is 0.101. The highest BCUT2D eigenvalue weighted by Crippen LogP contribution is 2.26. The van der Waals surface area contributed by atoms with Crippen molar-refractivity contribution in [1.29, 1.82) is 0 Å². The molecule has 0 saturated carbocycles. The number of carbonyl (C=O) groups excluding carboxylic acids is 1. The Kier molecular flexibility index (Phi) is 4.69. The lowest BCUT2D eigenvalue weighted by Crippen LogP contribution is -2.37. The predicted octanol–water partition coefficient (Wildman–Crippen LogP) is 2.56. The van der Waals surface area contributed by atoms with E-state index in [0.29, 0.717) is 5.56 Å². The monoisotopic (exact) mass is 345 g/mol. The highest BCUT2D eigenvalue weighted by atomic mass is 32.2. The van der Waals surface area contributed by atoms with Crippen LogP contribution in [0.5, 0.6) is 5.75 Å². The van der Waals surface area contributed by atoms with E-state index in [1.165, 1.54) is 31.2 Å². The quantitative estimate of drug-likeness (QED) is 0.846. The van der Waals surface area contributed by atoms with E-state index in [1.807, 2.05) is 24.3 Å². The second-order valence-electron chi connectivity index (χ2n) is 5.82. The maximum Gasteiger partial charge on any atom is 0.240 e. The van der Waals surface area contributed by atoms with Crippen LogP contribution in [0.1, 0.15) is 29.3 Å². The lowest BCUT2D eigenvalue weighted by atomic mass is 10.0. The molecule has 2 aromatic rings. The maximum absolute atomic E-state index is 12.3. The van der Waals surface area contributed by atoms with Gasteiger partial charge in [-0.3, -0.25) is 4.79 Å². The molecule has 6 heteroatoms. The van der Waals surface area contributed by atoms with Gasteiger partial charge in [-0.05, 0) is 43.5 Å². The molecule has 1 N–H and O–H groups in total. The minimum atomic E-state index is -3.62. The molecule has 2 aromatic carbocycles. The Morgan fingerprint density at radius 1 is 1.17 bits per heavy atom. The van der Waals surface area contributed by atoms with Crippen LogP contribution in [0.2, 0.25) is 0 Å². The van der Waals surface area contributed by atoms with Gasteiger partial charge in [0.2, 0.25) is 10.0 Å². The summed E-state index contributed by atoms with van der Waals surface area (Å²) < 4.78 is 33.1. The van der Waals surface area contributed by atoms with Gasteiger partial charge in [0.1, 0.15) is 11.9 Å². The zero-order valence-electron chi connectivity index (χ0n) is 13.4. The van der Waals surface area contributed by atoms with Crippen LogP contribution in [0.25, 0.3) is 0 Å². The Balaban J connectivity index is 1.64. The van der Waals surface area contributed by atoms with Gasteiger partial charge in [-0.1, -0.05) is 30.3 Å². The molecule has 0 radical (unpaired) electrons. The molecule has 0 aliphatic carbocycles. The molecule has 0 aromatic heterocycles. The molecular weight excluding hydrogens is 326 g/mol. The number of hydrogen-bond acceptors (Lipinski definition) is 4. The van der Waals surface area contributed by atoms with Crippen LogP contribution in [0.4, 0.5) is 0 Å². The molecule has 1 heterocycles. The van der Waals surface area contributed by atoms with E-state index in [1.54, 1.807) is 0 Å². The van der Waals surface area contributed by atoms with Crippen molar-refractivity contribution in [2.45, 2.75) is 30.8 Å². The third-order valence-corrected chi connectivity index (χ3v) is 5.51. The molecule has 0 amide bonds. The predicted molar refractivity (Wildman–Crippen MR) is 90.8 cm³/mol. The number of sulfonamides is 1. The van der Waals surface area contributed by atoms with E-state index >= 15 is 0 Å². The van der Waals surface area contributed by atoms with Crippen LogP contribution >= 0.6 is 0 Å². The van der Waals surface area contributed by atoms with Gasteiger partial charge >= 0.3 is 0 Å². The summed E-state index contributed by atoms with van der Waals surface area (Å²) >= 11 is 0. The molecule has 1 aliphatic rings. The van der Waals surface area contributed by atoms with Crippen LogP contribution in [-0.2, 0) is 16.4 Å². The van der Waals surface area contributed by atoms with Crippen LogP contribution in [0, 0.1) is 0 Å². The standard InChI is InChI=1S/C18H19NO4S/c1-13(20)14-7-10-17(11-8-14)24(21,22)19-12-16-9-6-15-4-2-3-5-18(15)23-16/h2-5,7-8,10-11,16,19H,6,9,12H2,1H3. The van der Waals surface area contributed by atoms with Crippen molar-refractivity contribution in [3.05, 3.63) is 59.7 Å². The average Bonchev–Trinajstić information content (AvgIpc) is 2.60. The Morgan fingerprint density at radius 2 is 1.88 bits per heavy atom. The number of ether oxygens (including phenoxy) is 1. The zero-order valence-corrected chi connectivity index (χ0v) is 14.2. The summed E-state index contributed by atoms with van der Waals surface area (Å²) in [7, 11) is -3.62. The molecule has 1 aliphatic heterocycles. The first-order valence-electron chi connectivity index (χ1n) is 7.81. The van der Waals surface area contributed by atoms with Crippen molar-refractivity contribution in [2.24, 2.45) is 0 Å². The number of aryl methyl sites for hydroxylation is 1. The summed E-state index contributed by atoms with van der Waals surface area (Å²) in [5.41, 5.74) is 1.64. The Bertz CT molecular complexity index is 844. The van der Waals surface area contributed by atoms with Crippen molar-refractivity contribution in [3.8, 4) is 5.75 Å². The summed E-state index contributed by atoms with van der Waals surface area (Å²) in [4.78, 5) is 11.4. The van der Waals surface area contributed by atoms with E-state index in [0.717, 1.165) is 24.2 Å². The highest BCUT2D eigenvalue weighted by Gasteiger charge is 2.22. The van der Waals surface area contributed by atoms with Crippen LogP contribution in [0.15, 0.2) is 53.4 Å².